The Labute approximate surface area is 106 Å². The highest BCUT2D eigenvalue weighted by atomic mass is 16.2. The first-order valence-corrected chi connectivity index (χ1v) is 6.36. The van der Waals surface area contributed by atoms with Crippen LogP contribution in [0.3, 0.4) is 0 Å². The summed E-state index contributed by atoms with van der Waals surface area (Å²) in [4.78, 5) is 14.4. The van der Waals surface area contributed by atoms with Crippen molar-refractivity contribution in [2.45, 2.75) is 31.3 Å². The van der Waals surface area contributed by atoms with E-state index in [-0.39, 0.29) is 11.9 Å². The number of anilines is 1. The fraction of sp³-hybridized carbons (Fsp3) is 0.583. The number of carbonyl (C=O) groups excluding carboxylic acids is 1. The van der Waals surface area contributed by atoms with Gasteiger partial charge in [0.2, 0.25) is 0 Å². The summed E-state index contributed by atoms with van der Waals surface area (Å²) in [5.41, 5.74) is 5.76. The third-order valence-electron chi connectivity index (χ3n) is 3.54. The fourth-order valence-corrected chi connectivity index (χ4v) is 2.40. The highest BCUT2D eigenvalue weighted by molar-refractivity contribution is 5.92. The maximum absolute atomic E-state index is 11.9. The van der Waals surface area contributed by atoms with E-state index in [0.29, 0.717) is 11.5 Å². The van der Waals surface area contributed by atoms with E-state index in [1.54, 1.807) is 12.1 Å². The van der Waals surface area contributed by atoms with Crippen molar-refractivity contribution in [3.05, 3.63) is 17.8 Å². The molecule has 6 nitrogen and oxygen atoms in total. The molecule has 0 bridgehead atoms. The number of carbonyl (C=O) groups is 1. The molecule has 1 aliphatic heterocycles. The fourth-order valence-electron chi connectivity index (χ4n) is 2.40. The van der Waals surface area contributed by atoms with Crippen LogP contribution in [-0.4, -0.2) is 46.2 Å². The summed E-state index contributed by atoms with van der Waals surface area (Å²) in [7, 11) is 0. The molecule has 18 heavy (non-hydrogen) atoms. The smallest absolute Gasteiger partial charge is 0.272 e. The van der Waals surface area contributed by atoms with Crippen LogP contribution in [0.15, 0.2) is 12.1 Å². The van der Waals surface area contributed by atoms with E-state index in [0.717, 1.165) is 25.6 Å². The Hall–Kier alpha value is -1.69. The molecule has 0 radical (unpaired) electrons. The Morgan fingerprint density at radius 1 is 1.33 bits per heavy atom. The zero-order valence-electron chi connectivity index (χ0n) is 10.2. The molecule has 1 aliphatic carbocycles. The number of nitrogen functional groups attached to an aromatic ring is 1. The molecule has 2 fully saturated rings. The number of nitrogens with one attached hydrogen (secondary N) is 1. The highest BCUT2D eigenvalue weighted by Gasteiger charge is 2.34. The first kappa shape index (κ1) is 11.4. The average Bonchev–Trinajstić information content (AvgIpc) is 3.11. The van der Waals surface area contributed by atoms with Crippen LogP contribution < -0.4 is 11.1 Å². The minimum absolute atomic E-state index is 0.162. The summed E-state index contributed by atoms with van der Waals surface area (Å²) in [5, 5.41) is 10.5. The van der Waals surface area contributed by atoms with Crippen molar-refractivity contribution < 1.29 is 4.79 Å². The van der Waals surface area contributed by atoms with Crippen molar-refractivity contribution in [2.75, 3.05) is 18.8 Å². The standard InChI is InChI=1S/C12H17N5O/c13-11-4-3-10(15-16-11)12(18)14-8-5-6-17(7-8)9-1-2-9/h3-4,8-9H,1-2,5-7H2,(H2,13,16)(H,14,18). The first-order valence-electron chi connectivity index (χ1n) is 6.36. The molecular weight excluding hydrogens is 230 g/mol. The molecule has 1 aromatic heterocycles. The zero-order chi connectivity index (χ0) is 12.5. The Kier molecular flexibility index (Phi) is 2.87. The molecular formula is C12H17N5O. The number of hydrogen-bond donors (Lipinski definition) is 2. The number of likely N-dealkylation sites (tertiary alicyclic amines) is 1. The second-order valence-corrected chi connectivity index (χ2v) is 5.03. The highest BCUT2D eigenvalue weighted by Crippen LogP contribution is 2.29. The number of aromatic nitrogens is 2. The van der Waals surface area contributed by atoms with Gasteiger partial charge in [0.25, 0.3) is 5.91 Å². The van der Waals surface area contributed by atoms with Gasteiger partial charge in [-0.15, -0.1) is 10.2 Å². The number of nitrogens with zero attached hydrogens (tertiary/aromatic N) is 3. The Morgan fingerprint density at radius 2 is 2.17 bits per heavy atom. The second-order valence-electron chi connectivity index (χ2n) is 5.03. The van der Waals surface area contributed by atoms with E-state index < -0.39 is 0 Å². The molecule has 1 saturated heterocycles. The SMILES string of the molecule is Nc1ccc(C(=O)NC2CCN(C3CC3)C2)nn1. The van der Waals surface area contributed by atoms with Crippen molar-refractivity contribution in [3.8, 4) is 0 Å². The van der Waals surface area contributed by atoms with Crippen LogP contribution >= 0.6 is 0 Å². The Bertz CT molecular complexity index is 442. The molecule has 96 valence electrons. The molecule has 1 atom stereocenters. The van der Waals surface area contributed by atoms with Crippen molar-refractivity contribution in [1.82, 2.24) is 20.4 Å². The quantitative estimate of drug-likeness (QED) is 0.787. The van der Waals surface area contributed by atoms with Gasteiger partial charge in [-0.2, -0.15) is 0 Å². The van der Waals surface area contributed by atoms with E-state index in [9.17, 15) is 4.79 Å². The molecule has 2 heterocycles. The van der Waals surface area contributed by atoms with Gasteiger partial charge < -0.3 is 11.1 Å². The van der Waals surface area contributed by atoms with Crippen molar-refractivity contribution in [3.63, 3.8) is 0 Å². The van der Waals surface area contributed by atoms with Gasteiger partial charge in [-0.1, -0.05) is 0 Å². The van der Waals surface area contributed by atoms with Crippen LogP contribution in [0.4, 0.5) is 5.82 Å². The van der Waals surface area contributed by atoms with Gasteiger partial charge in [0.15, 0.2) is 5.69 Å². The maximum atomic E-state index is 11.9. The molecule has 1 saturated carbocycles. The van der Waals surface area contributed by atoms with Crippen LogP contribution in [0.25, 0.3) is 0 Å². The summed E-state index contributed by atoms with van der Waals surface area (Å²) in [6, 6.07) is 4.19. The van der Waals surface area contributed by atoms with Crippen molar-refractivity contribution in [2.24, 2.45) is 0 Å². The third-order valence-corrected chi connectivity index (χ3v) is 3.54. The maximum Gasteiger partial charge on any atom is 0.272 e. The number of nitrogens with two attached hydrogens (primary N) is 1. The molecule has 1 amide bonds. The van der Waals surface area contributed by atoms with Crippen LogP contribution in [-0.2, 0) is 0 Å². The largest absolute Gasteiger partial charge is 0.382 e. The zero-order valence-corrected chi connectivity index (χ0v) is 10.2. The van der Waals surface area contributed by atoms with E-state index in [4.69, 9.17) is 5.73 Å². The predicted octanol–water partition coefficient (Wildman–Crippen LogP) is 0.0253. The molecule has 3 N–H and O–H groups in total. The minimum atomic E-state index is -0.162. The van der Waals surface area contributed by atoms with Crippen molar-refractivity contribution in [1.29, 1.82) is 0 Å². The van der Waals surface area contributed by atoms with Crippen molar-refractivity contribution >= 4 is 11.7 Å². The first-order chi connectivity index (χ1) is 8.72. The van der Waals surface area contributed by atoms with Gasteiger partial charge in [0.05, 0.1) is 0 Å². The lowest BCUT2D eigenvalue weighted by atomic mass is 10.2. The lowest BCUT2D eigenvalue weighted by Crippen LogP contribution is -2.37. The van der Waals surface area contributed by atoms with Gasteiger partial charge >= 0.3 is 0 Å². The molecule has 0 aromatic carbocycles. The summed E-state index contributed by atoms with van der Waals surface area (Å²) >= 11 is 0. The van der Waals surface area contributed by atoms with E-state index in [2.05, 4.69) is 20.4 Å². The molecule has 3 rings (SSSR count). The summed E-state index contributed by atoms with van der Waals surface area (Å²) < 4.78 is 0. The van der Waals surface area contributed by atoms with Gasteiger partial charge in [-0.3, -0.25) is 9.69 Å². The van der Waals surface area contributed by atoms with Crippen LogP contribution in [0, 0.1) is 0 Å². The number of rotatable bonds is 3. The second kappa shape index (κ2) is 4.53. The third kappa shape index (κ3) is 2.43. The average molecular weight is 247 g/mol. The summed E-state index contributed by atoms with van der Waals surface area (Å²) in [6.07, 6.45) is 3.64. The molecule has 2 aliphatic rings. The Balaban J connectivity index is 1.56. The molecule has 1 unspecified atom stereocenters. The van der Waals surface area contributed by atoms with E-state index >= 15 is 0 Å². The number of amides is 1. The lowest BCUT2D eigenvalue weighted by Gasteiger charge is -2.15. The predicted molar refractivity (Wildman–Crippen MR) is 66.9 cm³/mol. The summed E-state index contributed by atoms with van der Waals surface area (Å²) in [6.45, 7) is 2.04. The molecule has 0 spiro atoms. The monoisotopic (exact) mass is 247 g/mol. The van der Waals surface area contributed by atoms with Crippen LogP contribution in [0.1, 0.15) is 29.8 Å². The molecule has 6 heteroatoms. The van der Waals surface area contributed by atoms with Gasteiger partial charge in [0, 0.05) is 25.2 Å². The lowest BCUT2D eigenvalue weighted by molar-refractivity contribution is 0.0931. The Morgan fingerprint density at radius 3 is 2.83 bits per heavy atom. The minimum Gasteiger partial charge on any atom is -0.382 e. The normalized spacial score (nSPS) is 24.1. The van der Waals surface area contributed by atoms with Gasteiger partial charge in [-0.25, -0.2) is 0 Å². The number of hydrogen-bond acceptors (Lipinski definition) is 5. The van der Waals surface area contributed by atoms with E-state index in [1.165, 1.54) is 12.8 Å². The van der Waals surface area contributed by atoms with E-state index in [1.807, 2.05) is 0 Å². The topological polar surface area (TPSA) is 84.1 Å². The van der Waals surface area contributed by atoms with Gasteiger partial charge in [0.1, 0.15) is 5.82 Å². The van der Waals surface area contributed by atoms with Crippen LogP contribution in [0.2, 0.25) is 0 Å². The molecule has 1 aromatic rings. The van der Waals surface area contributed by atoms with Crippen LogP contribution in [0.5, 0.6) is 0 Å². The van der Waals surface area contributed by atoms with Gasteiger partial charge in [-0.05, 0) is 31.4 Å². The summed E-state index contributed by atoms with van der Waals surface area (Å²) in [5.74, 6) is 0.164.